The van der Waals surface area contributed by atoms with E-state index in [9.17, 15) is 10.1 Å². The number of thiophene rings is 1. The van der Waals surface area contributed by atoms with Crippen molar-refractivity contribution in [1.29, 1.82) is 5.26 Å². The van der Waals surface area contributed by atoms with Gasteiger partial charge in [-0.05, 0) is 49.0 Å². The number of rotatable bonds is 4. The Morgan fingerprint density at radius 3 is 2.93 bits per heavy atom. The molecule has 1 heterocycles. The standard InChI is InChI=1S/C20H18Cl2N2O2S/c1-11-3-5-14-15(10-23)20(27-17(14)7-11)24-18(25)6-4-12-8-13(21)9-16(22)19(12)26-2/h4,6,8-9,11H,3,5,7H2,1-2H3,(H,24,25)/b6-4+/t11-/m1/s1. The van der Waals surface area contributed by atoms with Gasteiger partial charge in [0.1, 0.15) is 16.8 Å². The average molecular weight is 421 g/mol. The lowest BCUT2D eigenvalue weighted by atomic mass is 9.89. The molecule has 0 bridgehead atoms. The highest BCUT2D eigenvalue weighted by Crippen LogP contribution is 2.39. The second kappa shape index (κ2) is 8.35. The lowest BCUT2D eigenvalue weighted by Gasteiger charge is -2.17. The van der Waals surface area contributed by atoms with E-state index in [1.165, 1.54) is 29.4 Å². The summed E-state index contributed by atoms with van der Waals surface area (Å²) < 4.78 is 5.27. The van der Waals surface area contributed by atoms with Crippen LogP contribution in [0.2, 0.25) is 10.0 Å². The minimum atomic E-state index is -0.323. The first-order chi connectivity index (χ1) is 12.9. The maximum Gasteiger partial charge on any atom is 0.249 e. The van der Waals surface area contributed by atoms with Crippen LogP contribution in [0, 0.1) is 17.2 Å². The van der Waals surface area contributed by atoms with E-state index in [-0.39, 0.29) is 5.91 Å². The van der Waals surface area contributed by atoms with Gasteiger partial charge in [0.05, 0.1) is 17.7 Å². The van der Waals surface area contributed by atoms with Crippen molar-refractivity contribution in [3.63, 3.8) is 0 Å². The molecule has 0 saturated carbocycles. The fraction of sp³-hybridized carbons (Fsp3) is 0.300. The van der Waals surface area contributed by atoms with Crippen LogP contribution in [0.3, 0.4) is 0 Å². The number of nitrogens with one attached hydrogen (secondary N) is 1. The first-order valence-electron chi connectivity index (χ1n) is 8.49. The van der Waals surface area contributed by atoms with Gasteiger partial charge in [-0.3, -0.25) is 4.79 Å². The van der Waals surface area contributed by atoms with Gasteiger partial charge >= 0.3 is 0 Å². The number of hydrogen-bond donors (Lipinski definition) is 1. The molecule has 0 saturated heterocycles. The largest absolute Gasteiger partial charge is 0.495 e. The molecule has 1 amide bonds. The predicted molar refractivity (Wildman–Crippen MR) is 111 cm³/mol. The van der Waals surface area contributed by atoms with Crippen molar-refractivity contribution < 1.29 is 9.53 Å². The lowest BCUT2D eigenvalue weighted by Crippen LogP contribution is -2.10. The SMILES string of the molecule is COc1c(Cl)cc(Cl)cc1/C=C/C(=O)Nc1sc2c(c1C#N)CC[C@@H](C)C2. The molecule has 1 aromatic carbocycles. The number of carbonyl (C=O) groups is 1. The monoisotopic (exact) mass is 420 g/mol. The summed E-state index contributed by atoms with van der Waals surface area (Å²) in [6.07, 6.45) is 5.89. The number of fused-ring (bicyclic) bond motifs is 1. The van der Waals surface area contributed by atoms with Crippen molar-refractivity contribution in [3.8, 4) is 11.8 Å². The number of hydrogen-bond acceptors (Lipinski definition) is 4. The van der Waals surface area contributed by atoms with Crippen LogP contribution in [0.1, 0.15) is 34.9 Å². The van der Waals surface area contributed by atoms with E-state index < -0.39 is 0 Å². The maximum absolute atomic E-state index is 12.4. The van der Waals surface area contributed by atoms with E-state index in [1.807, 2.05) is 0 Å². The number of halogens is 2. The number of ether oxygens (including phenoxy) is 1. The topological polar surface area (TPSA) is 62.1 Å². The Morgan fingerprint density at radius 1 is 1.44 bits per heavy atom. The summed E-state index contributed by atoms with van der Waals surface area (Å²) >= 11 is 13.6. The third kappa shape index (κ3) is 4.30. The highest BCUT2D eigenvalue weighted by atomic mass is 35.5. The summed E-state index contributed by atoms with van der Waals surface area (Å²) in [4.78, 5) is 13.6. The molecule has 140 valence electrons. The first-order valence-corrected chi connectivity index (χ1v) is 10.1. The van der Waals surface area contributed by atoms with E-state index in [1.54, 1.807) is 18.2 Å². The van der Waals surface area contributed by atoms with Gasteiger partial charge in [0.15, 0.2) is 0 Å². The Morgan fingerprint density at radius 2 is 2.22 bits per heavy atom. The molecule has 1 N–H and O–H groups in total. The second-order valence-electron chi connectivity index (χ2n) is 6.50. The Labute approximate surface area is 172 Å². The summed E-state index contributed by atoms with van der Waals surface area (Å²) in [6, 6.07) is 5.50. The van der Waals surface area contributed by atoms with Gasteiger partial charge in [0.2, 0.25) is 5.91 Å². The Hall–Kier alpha value is -2.00. The molecule has 1 aliphatic carbocycles. The first kappa shape index (κ1) is 19.8. The smallest absolute Gasteiger partial charge is 0.249 e. The molecule has 1 atom stereocenters. The highest BCUT2D eigenvalue weighted by Gasteiger charge is 2.24. The van der Waals surface area contributed by atoms with Crippen LogP contribution in [0.5, 0.6) is 5.75 Å². The molecule has 1 aromatic heterocycles. The van der Waals surface area contributed by atoms with E-state index >= 15 is 0 Å². The van der Waals surface area contributed by atoms with E-state index in [4.69, 9.17) is 27.9 Å². The number of carbonyl (C=O) groups excluding carboxylic acids is 1. The van der Waals surface area contributed by atoms with Gasteiger partial charge in [-0.2, -0.15) is 5.26 Å². The Kier molecular flexibility index (Phi) is 6.11. The molecular formula is C20H18Cl2N2O2S. The lowest BCUT2D eigenvalue weighted by molar-refractivity contribution is -0.111. The quantitative estimate of drug-likeness (QED) is 0.643. The highest BCUT2D eigenvalue weighted by molar-refractivity contribution is 7.16. The molecule has 0 fully saturated rings. The molecule has 2 aromatic rings. The third-order valence-corrected chi connectivity index (χ3v) is 6.18. The van der Waals surface area contributed by atoms with Crippen molar-refractivity contribution >= 4 is 51.5 Å². The minimum Gasteiger partial charge on any atom is -0.495 e. The van der Waals surface area contributed by atoms with Gasteiger partial charge in [-0.1, -0.05) is 30.1 Å². The number of nitrogens with zero attached hydrogens (tertiary/aromatic N) is 1. The fourth-order valence-electron chi connectivity index (χ4n) is 3.20. The van der Waals surface area contributed by atoms with Crippen molar-refractivity contribution in [1.82, 2.24) is 0 Å². The van der Waals surface area contributed by atoms with Gasteiger partial charge in [-0.15, -0.1) is 11.3 Å². The molecule has 4 nitrogen and oxygen atoms in total. The molecule has 0 aliphatic heterocycles. The van der Waals surface area contributed by atoms with E-state index in [0.717, 1.165) is 24.8 Å². The number of amides is 1. The third-order valence-electron chi connectivity index (χ3n) is 4.52. The molecule has 1 aliphatic rings. The van der Waals surface area contributed by atoms with E-state index in [0.29, 0.717) is 37.8 Å². The molecule has 7 heteroatoms. The molecule has 27 heavy (non-hydrogen) atoms. The normalized spacial score (nSPS) is 16.0. The zero-order chi connectivity index (χ0) is 19.6. The van der Waals surface area contributed by atoms with Crippen molar-refractivity contribution in [3.05, 3.63) is 49.8 Å². The summed E-state index contributed by atoms with van der Waals surface area (Å²) in [5.74, 6) is 0.728. The van der Waals surface area contributed by atoms with Gasteiger partial charge in [0, 0.05) is 21.5 Å². The van der Waals surface area contributed by atoms with Gasteiger partial charge < -0.3 is 10.1 Å². The number of benzene rings is 1. The van der Waals surface area contributed by atoms with E-state index in [2.05, 4.69) is 18.3 Å². The summed E-state index contributed by atoms with van der Waals surface area (Å²) in [7, 11) is 1.50. The van der Waals surface area contributed by atoms with Crippen LogP contribution in [-0.2, 0) is 17.6 Å². The summed E-state index contributed by atoms with van der Waals surface area (Å²) in [5, 5.41) is 13.8. The number of methoxy groups -OCH3 is 1. The van der Waals surface area contributed by atoms with Crippen LogP contribution in [0.4, 0.5) is 5.00 Å². The van der Waals surface area contributed by atoms with Crippen molar-refractivity contribution in [2.24, 2.45) is 5.92 Å². The second-order valence-corrected chi connectivity index (χ2v) is 8.45. The van der Waals surface area contributed by atoms with Crippen molar-refractivity contribution in [2.75, 3.05) is 12.4 Å². The van der Waals surface area contributed by atoms with Crippen LogP contribution in [0.25, 0.3) is 6.08 Å². The number of anilines is 1. The maximum atomic E-state index is 12.4. The van der Waals surface area contributed by atoms with Gasteiger partial charge in [-0.25, -0.2) is 0 Å². The Balaban J connectivity index is 1.81. The summed E-state index contributed by atoms with van der Waals surface area (Å²) in [6.45, 7) is 2.21. The van der Waals surface area contributed by atoms with Crippen LogP contribution < -0.4 is 10.1 Å². The predicted octanol–water partition coefficient (Wildman–Crippen LogP) is 5.71. The fourth-order valence-corrected chi connectivity index (χ4v) is 5.15. The molecular weight excluding hydrogens is 403 g/mol. The molecule has 0 spiro atoms. The zero-order valence-corrected chi connectivity index (χ0v) is 17.3. The summed E-state index contributed by atoms with van der Waals surface area (Å²) in [5.41, 5.74) is 2.28. The van der Waals surface area contributed by atoms with Crippen molar-refractivity contribution in [2.45, 2.75) is 26.2 Å². The molecule has 3 rings (SSSR count). The van der Waals surface area contributed by atoms with Crippen LogP contribution in [0.15, 0.2) is 18.2 Å². The Bertz CT molecular complexity index is 960. The van der Waals surface area contributed by atoms with Crippen LogP contribution in [-0.4, -0.2) is 13.0 Å². The average Bonchev–Trinajstić information content (AvgIpc) is 2.95. The van der Waals surface area contributed by atoms with Crippen LogP contribution >= 0.6 is 34.5 Å². The van der Waals surface area contributed by atoms with Gasteiger partial charge in [0.25, 0.3) is 0 Å². The minimum absolute atomic E-state index is 0.323. The molecule has 0 radical (unpaired) electrons. The molecule has 0 unspecified atom stereocenters. The zero-order valence-electron chi connectivity index (χ0n) is 14.9. The number of nitriles is 1.